The van der Waals surface area contributed by atoms with Gasteiger partial charge in [-0.1, -0.05) is 17.7 Å². The van der Waals surface area contributed by atoms with Gasteiger partial charge in [0.25, 0.3) is 5.91 Å². The molecule has 1 saturated heterocycles. The van der Waals surface area contributed by atoms with Crippen molar-refractivity contribution < 1.29 is 24.5 Å². The zero-order valence-corrected chi connectivity index (χ0v) is 16.4. The monoisotopic (exact) mass is 418 g/mol. The molecule has 1 aliphatic rings. The van der Waals surface area contributed by atoms with E-state index >= 15 is 0 Å². The molecular weight excluding hydrogens is 404 g/mol. The van der Waals surface area contributed by atoms with E-state index in [1.165, 1.54) is 30.2 Å². The maximum Gasteiger partial charge on any atom is 0.337 e. The number of amides is 1. The number of aromatic hydroxyl groups is 1. The van der Waals surface area contributed by atoms with Crippen molar-refractivity contribution in [1.82, 2.24) is 4.90 Å². The molecule has 2 aromatic rings. The molecule has 0 spiro atoms. The van der Waals surface area contributed by atoms with Crippen molar-refractivity contribution >= 4 is 52.2 Å². The summed E-state index contributed by atoms with van der Waals surface area (Å²) in [5.41, 5.74) is 0.990. The second kappa shape index (κ2) is 7.95. The maximum atomic E-state index is 12.5. The van der Waals surface area contributed by atoms with Crippen LogP contribution >= 0.6 is 23.4 Å². The van der Waals surface area contributed by atoms with E-state index < -0.39 is 5.97 Å². The molecule has 0 aliphatic carbocycles. The Bertz CT molecular complexity index is 1030. The topological polar surface area (TPSA) is 99.4 Å². The van der Waals surface area contributed by atoms with Crippen molar-refractivity contribution in [2.75, 3.05) is 14.2 Å². The first-order valence-corrected chi connectivity index (χ1v) is 9.15. The summed E-state index contributed by atoms with van der Waals surface area (Å²) in [6, 6.07) is 9.13. The van der Waals surface area contributed by atoms with E-state index in [1.54, 1.807) is 31.3 Å². The van der Waals surface area contributed by atoms with Gasteiger partial charge in [-0.05, 0) is 53.7 Å². The molecular formula is C19H15ClN2O5S. The molecule has 28 heavy (non-hydrogen) atoms. The summed E-state index contributed by atoms with van der Waals surface area (Å²) in [6.45, 7) is 0. The molecule has 9 heteroatoms. The normalized spacial score (nSPS) is 16.8. The molecule has 1 fully saturated rings. The lowest BCUT2D eigenvalue weighted by Crippen LogP contribution is -2.23. The van der Waals surface area contributed by atoms with Crippen LogP contribution in [0, 0.1) is 0 Å². The fraction of sp³-hybridized carbons (Fsp3) is 0.105. The van der Waals surface area contributed by atoms with Crippen molar-refractivity contribution in [1.29, 1.82) is 0 Å². The standard InChI is InChI=1S/C19H15ClN2O5S/c1-22-17(24)16(8-10-3-6-14(23)15(7-10)27-2)28-19(22)21-11-4-5-13(20)12(9-11)18(25)26/h3-9,23H,1-2H3,(H,25,26). The highest BCUT2D eigenvalue weighted by atomic mass is 35.5. The second-order valence-corrected chi connectivity index (χ2v) is 7.19. The average Bonchev–Trinajstić information content (AvgIpc) is 2.92. The second-order valence-electron chi connectivity index (χ2n) is 5.77. The number of likely N-dealkylation sites (N-methyl/N-ethyl adjacent to an activating group) is 1. The van der Waals surface area contributed by atoms with Gasteiger partial charge >= 0.3 is 5.97 Å². The van der Waals surface area contributed by atoms with E-state index in [-0.39, 0.29) is 22.2 Å². The lowest BCUT2D eigenvalue weighted by Gasteiger charge is -2.07. The van der Waals surface area contributed by atoms with Crippen molar-refractivity contribution in [3.05, 3.63) is 57.5 Å². The number of phenols is 1. The number of rotatable bonds is 4. The van der Waals surface area contributed by atoms with Crippen LogP contribution in [-0.4, -0.2) is 46.3 Å². The SMILES string of the molecule is COc1cc(C=C2SC(=Nc3ccc(Cl)c(C(=O)O)c3)N(C)C2=O)ccc1O. The number of carboxylic acids is 1. The van der Waals surface area contributed by atoms with E-state index in [0.717, 1.165) is 11.8 Å². The van der Waals surface area contributed by atoms with E-state index in [1.807, 2.05) is 0 Å². The van der Waals surface area contributed by atoms with Crippen molar-refractivity contribution in [2.24, 2.45) is 4.99 Å². The van der Waals surface area contributed by atoms with Crippen LogP contribution in [0.5, 0.6) is 11.5 Å². The molecule has 3 rings (SSSR count). The molecule has 144 valence electrons. The number of thioether (sulfide) groups is 1. The Balaban J connectivity index is 1.92. The van der Waals surface area contributed by atoms with E-state index in [2.05, 4.69) is 4.99 Å². The quantitative estimate of drug-likeness (QED) is 0.728. The summed E-state index contributed by atoms with van der Waals surface area (Å²) in [6.07, 6.45) is 1.67. The highest BCUT2D eigenvalue weighted by Gasteiger charge is 2.30. The zero-order chi connectivity index (χ0) is 20.4. The predicted molar refractivity (Wildman–Crippen MR) is 109 cm³/mol. The summed E-state index contributed by atoms with van der Waals surface area (Å²) in [7, 11) is 3.03. The molecule has 1 amide bonds. The van der Waals surface area contributed by atoms with Gasteiger partial charge in [0.15, 0.2) is 16.7 Å². The van der Waals surface area contributed by atoms with Crippen molar-refractivity contribution in [2.45, 2.75) is 0 Å². The number of hydrogen-bond acceptors (Lipinski definition) is 6. The number of amidine groups is 1. The summed E-state index contributed by atoms with van der Waals surface area (Å²) in [5, 5.41) is 19.4. The third-order valence-corrected chi connectivity index (χ3v) is 5.30. The first-order chi connectivity index (χ1) is 13.3. The Morgan fingerprint density at radius 1 is 1.29 bits per heavy atom. The van der Waals surface area contributed by atoms with Gasteiger partial charge in [-0.3, -0.25) is 9.69 Å². The number of phenolic OH excluding ortho intramolecular Hbond substituents is 1. The number of hydrogen-bond donors (Lipinski definition) is 2. The van der Waals surface area contributed by atoms with Crippen LogP contribution < -0.4 is 4.74 Å². The van der Waals surface area contributed by atoms with Gasteiger partial charge in [-0.25, -0.2) is 9.79 Å². The highest BCUT2D eigenvalue weighted by molar-refractivity contribution is 8.18. The summed E-state index contributed by atoms with van der Waals surface area (Å²) < 4.78 is 5.07. The van der Waals surface area contributed by atoms with Gasteiger partial charge in [-0.15, -0.1) is 0 Å². The minimum absolute atomic E-state index is 0.00592. The highest BCUT2D eigenvalue weighted by Crippen LogP contribution is 2.35. The first kappa shape index (κ1) is 19.8. The van der Waals surface area contributed by atoms with Crippen LogP contribution in [0.25, 0.3) is 6.08 Å². The minimum Gasteiger partial charge on any atom is -0.504 e. The summed E-state index contributed by atoms with van der Waals surface area (Å²) in [5.74, 6) is -1.10. The van der Waals surface area contributed by atoms with E-state index in [0.29, 0.717) is 27.1 Å². The third-order valence-electron chi connectivity index (χ3n) is 3.91. The molecule has 0 aromatic heterocycles. The molecule has 2 N–H and O–H groups in total. The molecule has 0 atom stereocenters. The Labute approximate surface area is 169 Å². The number of nitrogens with zero attached hydrogens (tertiary/aromatic N) is 2. The lowest BCUT2D eigenvalue weighted by molar-refractivity contribution is -0.121. The number of carbonyl (C=O) groups excluding carboxylic acids is 1. The number of benzene rings is 2. The van der Waals surface area contributed by atoms with Crippen LogP contribution in [-0.2, 0) is 4.79 Å². The van der Waals surface area contributed by atoms with Crippen LogP contribution in [0.1, 0.15) is 15.9 Å². The molecule has 0 unspecified atom stereocenters. The van der Waals surface area contributed by atoms with E-state index in [4.69, 9.17) is 16.3 Å². The van der Waals surface area contributed by atoms with Crippen LogP contribution in [0.4, 0.5) is 5.69 Å². The molecule has 0 bridgehead atoms. The number of carbonyl (C=O) groups is 2. The van der Waals surface area contributed by atoms with Crippen molar-refractivity contribution in [3.63, 3.8) is 0 Å². The Morgan fingerprint density at radius 3 is 2.71 bits per heavy atom. The number of methoxy groups -OCH3 is 1. The molecule has 0 radical (unpaired) electrons. The third kappa shape index (κ3) is 3.97. The predicted octanol–water partition coefficient (Wildman–Crippen LogP) is 3.99. The van der Waals surface area contributed by atoms with Crippen LogP contribution in [0.15, 0.2) is 46.3 Å². The van der Waals surface area contributed by atoms with Gasteiger partial charge in [0.1, 0.15) is 0 Å². The Hall–Kier alpha value is -2.97. The first-order valence-electron chi connectivity index (χ1n) is 7.96. The number of aliphatic imine (C=N–C) groups is 1. The number of ether oxygens (including phenoxy) is 1. The summed E-state index contributed by atoms with van der Waals surface area (Å²) >= 11 is 7.03. The largest absolute Gasteiger partial charge is 0.504 e. The van der Waals surface area contributed by atoms with Gasteiger partial charge in [0, 0.05) is 7.05 Å². The fourth-order valence-electron chi connectivity index (χ4n) is 2.44. The van der Waals surface area contributed by atoms with Crippen molar-refractivity contribution in [3.8, 4) is 11.5 Å². The number of carboxylic acid groups (broad SMARTS) is 1. The molecule has 0 saturated carbocycles. The minimum atomic E-state index is -1.16. The molecule has 1 heterocycles. The summed E-state index contributed by atoms with van der Waals surface area (Å²) in [4.78, 5) is 29.9. The fourth-order valence-corrected chi connectivity index (χ4v) is 3.63. The van der Waals surface area contributed by atoms with Gasteiger partial charge < -0.3 is 14.9 Å². The Kier molecular flexibility index (Phi) is 5.62. The molecule has 1 aliphatic heterocycles. The average molecular weight is 419 g/mol. The molecule has 7 nitrogen and oxygen atoms in total. The van der Waals surface area contributed by atoms with Gasteiger partial charge in [-0.2, -0.15) is 0 Å². The molecule has 2 aromatic carbocycles. The van der Waals surface area contributed by atoms with Crippen LogP contribution in [0.2, 0.25) is 5.02 Å². The van der Waals surface area contributed by atoms with E-state index in [9.17, 15) is 19.8 Å². The number of halogens is 1. The number of aromatic carboxylic acids is 1. The smallest absolute Gasteiger partial charge is 0.337 e. The van der Waals surface area contributed by atoms with Gasteiger partial charge in [0.2, 0.25) is 0 Å². The lowest BCUT2D eigenvalue weighted by atomic mass is 10.2. The van der Waals surface area contributed by atoms with Gasteiger partial charge in [0.05, 0.1) is 28.3 Å². The van der Waals surface area contributed by atoms with Crippen LogP contribution in [0.3, 0.4) is 0 Å². The Morgan fingerprint density at radius 2 is 2.04 bits per heavy atom. The maximum absolute atomic E-state index is 12.5. The zero-order valence-electron chi connectivity index (χ0n) is 14.8.